The molecule has 0 bridgehead atoms. The first-order valence-electron chi connectivity index (χ1n) is 14.3. The van der Waals surface area contributed by atoms with E-state index in [1.807, 2.05) is 128 Å². The maximum atomic E-state index is 6.01. The molecule has 4 heterocycles. The molecule has 4 nitrogen and oxygen atoms in total. The fourth-order valence-electron chi connectivity index (χ4n) is 4.70. The SMILES string of the molecule is Cc1ccnc(-c2[c-]ccc3c2oc2ccccc23)c1.[Ir+3].[c-]1ccccc1-c1ccccn1.[c-]1ccccc1-c1ccccn1. The zero-order valence-electron chi connectivity index (χ0n) is 24.5. The molecular formula is C40H28IrN3O. The van der Waals surface area contributed by atoms with E-state index in [0.717, 1.165) is 55.7 Å². The van der Waals surface area contributed by atoms with Crippen LogP contribution in [0.3, 0.4) is 0 Å². The van der Waals surface area contributed by atoms with Crippen LogP contribution in [0, 0.1) is 25.1 Å². The normalized spacial score (nSPS) is 10.2. The molecule has 8 aromatic rings. The van der Waals surface area contributed by atoms with Crippen LogP contribution in [0.1, 0.15) is 5.56 Å². The van der Waals surface area contributed by atoms with Gasteiger partial charge in [-0.2, -0.15) is 0 Å². The summed E-state index contributed by atoms with van der Waals surface area (Å²) in [5, 5.41) is 2.24. The van der Waals surface area contributed by atoms with Gasteiger partial charge in [-0.05, 0) is 48.3 Å². The van der Waals surface area contributed by atoms with Gasteiger partial charge in [0.05, 0.1) is 5.58 Å². The predicted octanol–water partition coefficient (Wildman–Crippen LogP) is 9.85. The monoisotopic (exact) mass is 759 g/mol. The molecule has 0 fully saturated rings. The van der Waals surface area contributed by atoms with Gasteiger partial charge < -0.3 is 19.4 Å². The zero-order valence-corrected chi connectivity index (χ0v) is 26.9. The molecule has 0 N–H and O–H groups in total. The summed E-state index contributed by atoms with van der Waals surface area (Å²) in [6.07, 6.45) is 5.40. The van der Waals surface area contributed by atoms with Crippen molar-refractivity contribution in [2.45, 2.75) is 6.92 Å². The number of aryl methyl sites for hydroxylation is 1. The number of benzene rings is 4. The second-order valence-corrected chi connectivity index (χ2v) is 9.89. The van der Waals surface area contributed by atoms with E-state index in [4.69, 9.17) is 4.42 Å². The third-order valence-corrected chi connectivity index (χ3v) is 6.81. The van der Waals surface area contributed by atoms with Gasteiger partial charge in [0.1, 0.15) is 5.58 Å². The third kappa shape index (κ3) is 7.84. The van der Waals surface area contributed by atoms with E-state index in [1.54, 1.807) is 12.4 Å². The largest absolute Gasteiger partial charge is 3.00 e. The van der Waals surface area contributed by atoms with E-state index < -0.39 is 0 Å². The summed E-state index contributed by atoms with van der Waals surface area (Å²) in [7, 11) is 0. The molecule has 0 atom stereocenters. The Labute approximate surface area is 276 Å². The summed E-state index contributed by atoms with van der Waals surface area (Å²) in [5.74, 6) is 0. The summed E-state index contributed by atoms with van der Waals surface area (Å²) < 4.78 is 6.01. The van der Waals surface area contributed by atoms with Crippen LogP contribution in [-0.2, 0) is 20.1 Å². The van der Waals surface area contributed by atoms with Crippen molar-refractivity contribution < 1.29 is 24.5 Å². The van der Waals surface area contributed by atoms with Crippen molar-refractivity contribution in [2.24, 2.45) is 0 Å². The van der Waals surface area contributed by atoms with Crippen molar-refractivity contribution in [1.29, 1.82) is 0 Å². The van der Waals surface area contributed by atoms with E-state index in [9.17, 15) is 0 Å². The number of aromatic nitrogens is 3. The van der Waals surface area contributed by atoms with Gasteiger partial charge in [-0.15, -0.1) is 90.0 Å². The topological polar surface area (TPSA) is 51.8 Å². The molecule has 5 heteroatoms. The molecule has 218 valence electrons. The van der Waals surface area contributed by atoms with Crippen LogP contribution < -0.4 is 0 Å². The minimum absolute atomic E-state index is 0. The number of nitrogens with zero attached hydrogens (tertiary/aromatic N) is 3. The summed E-state index contributed by atoms with van der Waals surface area (Å²) >= 11 is 0. The molecule has 4 aromatic carbocycles. The van der Waals surface area contributed by atoms with Crippen molar-refractivity contribution in [3.8, 4) is 33.8 Å². The first-order valence-corrected chi connectivity index (χ1v) is 14.3. The van der Waals surface area contributed by atoms with Gasteiger partial charge in [-0.3, -0.25) is 0 Å². The molecule has 8 rings (SSSR count). The molecular weight excluding hydrogens is 731 g/mol. The minimum Gasteiger partial charge on any atom is -0.501 e. The van der Waals surface area contributed by atoms with Crippen LogP contribution in [0.15, 0.2) is 156 Å². The third-order valence-electron chi connectivity index (χ3n) is 6.81. The number of para-hydroxylation sites is 1. The van der Waals surface area contributed by atoms with E-state index in [-0.39, 0.29) is 20.1 Å². The van der Waals surface area contributed by atoms with Gasteiger partial charge in [-0.25, -0.2) is 0 Å². The smallest absolute Gasteiger partial charge is 0.501 e. The number of furan rings is 1. The maximum absolute atomic E-state index is 6.01. The first kappa shape index (κ1) is 31.2. The minimum atomic E-state index is 0. The van der Waals surface area contributed by atoms with E-state index in [2.05, 4.69) is 52.2 Å². The fraction of sp³-hybridized carbons (Fsp3) is 0.0250. The molecule has 0 spiro atoms. The summed E-state index contributed by atoms with van der Waals surface area (Å²) in [6, 6.07) is 53.0. The van der Waals surface area contributed by atoms with Gasteiger partial charge in [0, 0.05) is 24.0 Å². The van der Waals surface area contributed by atoms with Gasteiger partial charge in [0.15, 0.2) is 0 Å². The maximum Gasteiger partial charge on any atom is 3.00 e. The Balaban J connectivity index is 0.000000139. The zero-order chi connectivity index (χ0) is 30.0. The molecule has 0 saturated carbocycles. The molecule has 0 amide bonds. The van der Waals surface area contributed by atoms with Crippen molar-refractivity contribution in [3.05, 3.63) is 176 Å². The number of hydrogen-bond donors (Lipinski definition) is 0. The van der Waals surface area contributed by atoms with E-state index in [0.29, 0.717) is 0 Å². The fourth-order valence-corrected chi connectivity index (χ4v) is 4.70. The van der Waals surface area contributed by atoms with Crippen LogP contribution >= 0.6 is 0 Å². The Morgan fingerprint density at radius 2 is 1.11 bits per heavy atom. The molecule has 0 aliphatic heterocycles. The molecule has 0 aliphatic rings. The number of rotatable bonds is 3. The predicted molar refractivity (Wildman–Crippen MR) is 178 cm³/mol. The Bertz CT molecular complexity index is 1910. The van der Waals surface area contributed by atoms with Crippen LogP contribution in [0.4, 0.5) is 0 Å². The van der Waals surface area contributed by atoms with Crippen molar-refractivity contribution >= 4 is 21.9 Å². The van der Waals surface area contributed by atoms with E-state index >= 15 is 0 Å². The van der Waals surface area contributed by atoms with Crippen LogP contribution in [-0.4, -0.2) is 15.0 Å². The average molecular weight is 759 g/mol. The second kappa shape index (κ2) is 15.5. The Morgan fingerprint density at radius 1 is 0.511 bits per heavy atom. The molecule has 0 aliphatic carbocycles. The standard InChI is InChI=1S/C18H12NO.2C11H8N.Ir/c1-12-9-10-19-16(11-12)15-7-4-6-14-13-5-2-3-8-17(13)20-18(14)15;2*1-2-6-10(7-3-1)11-8-4-5-9-12-11;/h2-6,8-11H,1H3;2*1-6,8-9H;/q3*-1;+3. The molecule has 0 saturated heterocycles. The second-order valence-electron chi connectivity index (χ2n) is 9.89. The number of hydrogen-bond acceptors (Lipinski definition) is 4. The quantitative estimate of drug-likeness (QED) is 0.169. The van der Waals surface area contributed by atoms with Crippen LogP contribution in [0.5, 0.6) is 0 Å². The van der Waals surface area contributed by atoms with Gasteiger partial charge >= 0.3 is 20.1 Å². The van der Waals surface area contributed by atoms with Crippen molar-refractivity contribution in [2.75, 3.05) is 0 Å². The summed E-state index contributed by atoms with van der Waals surface area (Å²) in [6.45, 7) is 2.06. The van der Waals surface area contributed by atoms with Crippen LogP contribution in [0.2, 0.25) is 0 Å². The van der Waals surface area contributed by atoms with Crippen LogP contribution in [0.25, 0.3) is 55.7 Å². The first-order chi connectivity index (χ1) is 21.8. The van der Waals surface area contributed by atoms with Crippen molar-refractivity contribution in [3.63, 3.8) is 0 Å². The van der Waals surface area contributed by atoms with Gasteiger partial charge in [0.25, 0.3) is 0 Å². The molecule has 4 aromatic heterocycles. The van der Waals surface area contributed by atoms with E-state index in [1.165, 1.54) is 5.56 Å². The van der Waals surface area contributed by atoms with Crippen molar-refractivity contribution in [1.82, 2.24) is 15.0 Å². The summed E-state index contributed by atoms with van der Waals surface area (Å²) in [4.78, 5) is 12.9. The van der Waals surface area contributed by atoms with Gasteiger partial charge in [0.2, 0.25) is 0 Å². The Morgan fingerprint density at radius 3 is 1.69 bits per heavy atom. The molecule has 45 heavy (non-hydrogen) atoms. The molecule has 0 unspecified atom stereocenters. The molecule has 0 radical (unpaired) electrons. The Kier molecular flexibility index (Phi) is 10.7. The number of fused-ring (bicyclic) bond motifs is 3. The van der Waals surface area contributed by atoms with Gasteiger partial charge in [-0.1, -0.05) is 65.0 Å². The Hall–Kier alpha value is -5.22. The average Bonchev–Trinajstić information content (AvgIpc) is 3.50. The number of pyridine rings is 3. The summed E-state index contributed by atoms with van der Waals surface area (Å²) in [5.41, 5.74) is 8.77.